The van der Waals surface area contributed by atoms with Gasteiger partial charge in [0.05, 0.1) is 12.1 Å². The number of aliphatic carboxylic acids is 1. The number of nitrogens with one attached hydrogen (secondary N) is 1. The first kappa shape index (κ1) is 14.1. The van der Waals surface area contributed by atoms with Gasteiger partial charge >= 0.3 is 5.97 Å². The first-order valence-corrected chi connectivity index (χ1v) is 7.71. The Morgan fingerprint density at radius 3 is 3.00 bits per heavy atom. The lowest BCUT2D eigenvalue weighted by atomic mass is 10.2. The van der Waals surface area contributed by atoms with Crippen molar-refractivity contribution in [2.75, 3.05) is 18.1 Å². The summed E-state index contributed by atoms with van der Waals surface area (Å²) < 4.78 is 11.1. The second kappa shape index (κ2) is 6.70. The average Bonchev–Trinajstić information content (AvgIpc) is 2.70. The first-order valence-electron chi connectivity index (χ1n) is 5.21. The Morgan fingerprint density at radius 1 is 1.71 bits per heavy atom. The molecule has 1 aromatic rings. The maximum absolute atomic E-state index is 11.1. The third-order valence-corrected chi connectivity index (χ3v) is 4.40. The van der Waals surface area contributed by atoms with Crippen LogP contribution >= 0.6 is 11.3 Å². The van der Waals surface area contributed by atoms with Gasteiger partial charge in [-0.25, -0.2) is 4.98 Å². The van der Waals surface area contributed by atoms with Gasteiger partial charge in [-0.05, 0) is 6.92 Å². The zero-order valence-electron chi connectivity index (χ0n) is 9.80. The monoisotopic (exact) mass is 276 g/mol. The van der Waals surface area contributed by atoms with Crippen LogP contribution in [0.2, 0.25) is 0 Å². The number of rotatable bonds is 7. The van der Waals surface area contributed by atoms with E-state index in [0.717, 1.165) is 10.8 Å². The second-order valence-corrected chi connectivity index (χ2v) is 6.39. The van der Waals surface area contributed by atoms with E-state index < -0.39 is 16.8 Å². The number of anilines is 1. The van der Waals surface area contributed by atoms with Crippen molar-refractivity contribution in [2.45, 2.75) is 25.0 Å². The number of nitrogens with zero attached hydrogens (tertiary/aromatic N) is 1. The van der Waals surface area contributed by atoms with Crippen LogP contribution in [0.3, 0.4) is 0 Å². The highest BCUT2D eigenvalue weighted by atomic mass is 32.2. The summed E-state index contributed by atoms with van der Waals surface area (Å²) >= 11 is 1.44. The van der Waals surface area contributed by atoms with Gasteiger partial charge in [-0.1, -0.05) is 0 Å². The molecule has 2 unspecified atom stereocenters. The summed E-state index contributed by atoms with van der Waals surface area (Å²) in [6.07, 6.45) is 2.22. The van der Waals surface area contributed by atoms with Gasteiger partial charge in [0.2, 0.25) is 0 Å². The molecular formula is C10H16N2O3S2. The molecular weight excluding hydrogens is 260 g/mol. The van der Waals surface area contributed by atoms with Crippen molar-refractivity contribution in [3.63, 3.8) is 0 Å². The molecule has 5 nitrogen and oxygen atoms in total. The van der Waals surface area contributed by atoms with Gasteiger partial charge < -0.3 is 10.4 Å². The van der Waals surface area contributed by atoms with Crippen LogP contribution in [-0.2, 0) is 22.0 Å². The number of thiazole rings is 1. The fourth-order valence-electron chi connectivity index (χ4n) is 1.09. The molecule has 7 heteroatoms. The van der Waals surface area contributed by atoms with Crippen molar-refractivity contribution in [2.24, 2.45) is 0 Å². The SMILES string of the molecule is CC(CNc1nc(CCC(=O)O)cs1)S(C)=O. The number of carboxylic acids is 1. The first-order chi connectivity index (χ1) is 7.99. The van der Waals surface area contributed by atoms with E-state index in [9.17, 15) is 9.00 Å². The lowest BCUT2D eigenvalue weighted by molar-refractivity contribution is -0.136. The van der Waals surface area contributed by atoms with E-state index in [2.05, 4.69) is 10.3 Å². The molecule has 0 saturated heterocycles. The molecule has 0 fully saturated rings. The van der Waals surface area contributed by atoms with Gasteiger partial charge in [0.15, 0.2) is 5.13 Å². The Labute approximate surface area is 107 Å². The molecule has 2 N–H and O–H groups in total. The number of hydrogen-bond acceptors (Lipinski definition) is 5. The summed E-state index contributed by atoms with van der Waals surface area (Å²) in [6.45, 7) is 2.51. The van der Waals surface area contributed by atoms with E-state index in [1.54, 1.807) is 6.26 Å². The molecule has 0 amide bonds. The summed E-state index contributed by atoms with van der Waals surface area (Å²) in [6, 6.07) is 0. The van der Waals surface area contributed by atoms with Crippen LogP contribution in [-0.4, -0.2) is 38.3 Å². The molecule has 0 aromatic carbocycles. The summed E-state index contributed by atoms with van der Waals surface area (Å²) in [5.74, 6) is -0.817. The van der Waals surface area contributed by atoms with E-state index in [1.807, 2.05) is 12.3 Å². The highest BCUT2D eigenvalue weighted by Crippen LogP contribution is 2.16. The molecule has 0 aliphatic carbocycles. The molecule has 17 heavy (non-hydrogen) atoms. The minimum atomic E-state index is -0.850. The van der Waals surface area contributed by atoms with Gasteiger partial charge in [0.1, 0.15) is 0 Å². The van der Waals surface area contributed by atoms with Gasteiger partial charge in [0, 0.05) is 40.7 Å². The molecule has 0 spiro atoms. The molecule has 1 rings (SSSR count). The molecule has 0 radical (unpaired) electrons. The van der Waals surface area contributed by atoms with Crippen LogP contribution in [0.4, 0.5) is 5.13 Å². The Balaban J connectivity index is 2.40. The normalized spacial score (nSPS) is 14.2. The molecule has 0 aliphatic heterocycles. The minimum absolute atomic E-state index is 0.0707. The molecule has 96 valence electrons. The third-order valence-electron chi connectivity index (χ3n) is 2.25. The smallest absolute Gasteiger partial charge is 0.303 e. The Hall–Kier alpha value is -0.950. The fourth-order valence-corrected chi connectivity index (χ4v) is 2.16. The van der Waals surface area contributed by atoms with Crippen LogP contribution in [0.25, 0.3) is 0 Å². The topological polar surface area (TPSA) is 79.3 Å². The summed E-state index contributed by atoms with van der Waals surface area (Å²) in [7, 11) is -0.850. The van der Waals surface area contributed by atoms with E-state index in [1.165, 1.54) is 11.3 Å². The zero-order valence-corrected chi connectivity index (χ0v) is 11.4. The van der Waals surface area contributed by atoms with E-state index in [0.29, 0.717) is 13.0 Å². The van der Waals surface area contributed by atoms with Crippen LogP contribution in [0.5, 0.6) is 0 Å². The highest BCUT2D eigenvalue weighted by molar-refractivity contribution is 7.84. The van der Waals surface area contributed by atoms with E-state index >= 15 is 0 Å². The molecule has 0 aliphatic rings. The number of aryl methyl sites for hydroxylation is 1. The van der Waals surface area contributed by atoms with Crippen molar-refractivity contribution in [3.8, 4) is 0 Å². The van der Waals surface area contributed by atoms with E-state index in [-0.39, 0.29) is 11.7 Å². The largest absolute Gasteiger partial charge is 0.481 e. The quantitative estimate of drug-likeness (QED) is 0.785. The van der Waals surface area contributed by atoms with Gasteiger partial charge in [0.25, 0.3) is 0 Å². The van der Waals surface area contributed by atoms with Gasteiger partial charge in [-0.2, -0.15) is 0 Å². The van der Waals surface area contributed by atoms with Crippen molar-refractivity contribution < 1.29 is 14.1 Å². The Kier molecular flexibility index (Phi) is 5.57. The van der Waals surface area contributed by atoms with Crippen molar-refractivity contribution in [3.05, 3.63) is 11.1 Å². The van der Waals surface area contributed by atoms with Crippen molar-refractivity contribution in [1.29, 1.82) is 0 Å². The van der Waals surface area contributed by atoms with Gasteiger partial charge in [-0.15, -0.1) is 11.3 Å². The minimum Gasteiger partial charge on any atom is -0.481 e. The average molecular weight is 276 g/mol. The number of carboxylic acid groups (broad SMARTS) is 1. The lowest BCUT2D eigenvalue weighted by Gasteiger charge is -2.08. The van der Waals surface area contributed by atoms with Crippen LogP contribution in [0.1, 0.15) is 19.0 Å². The van der Waals surface area contributed by atoms with Crippen molar-refractivity contribution in [1.82, 2.24) is 4.98 Å². The van der Waals surface area contributed by atoms with Crippen LogP contribution in [0.15, 0.2) is 5.38 Å². The third kappa shape index (κ3) is 5.27. The Morgan fingerprint density at radius 2 is 2.41 bits per heavy atom. The van der Waals surface area contributed by atoms with E-state index in [4.69, 9.17) is 5.11 Å². The molecule has 2 atom stereocenters. The molecule has 0 saturated carbocycles. The summed E-state index contributed by atoms with van der Waals surface area (Å²) in [4.78, 5) is 14.7. The standard InChI is InChI=1S/C10H16N2O3S2/c1-7(17(2)15)5-11-10-12-8(6-16-10)3-4-9(13)14/h6-7H,3-5H2,1-2H3,(H,11,12)(H,13,14). The molecule has 1 heterocycles. The summed E-state index contributed by atoms with van der Waals surface area (Å²) in [5.41, 5.74) is 0.783. The number of aromatic nitrogens is 1. The van der Waals surface area contributed by atoms with Crippen molar-refractivity contribution >= 4 is 33.2 Å². The number of hydrogen-bond donors (Lipinski definition) is 2. The van der Waals surface area contributed by atoms with Crippen LogP contribution in [0, 0.1) is 0 Å². The Bertz CT molecular complexity index is 406. The fraction of sp³-hybridized carbons (Fsp3) is 0.600. The molecule has 0 bridgehead atoms. The van der Waals surface area contributed by atoms with Gasteiger partial charge in [-0.3, -0.25) is 9.00 Å². The highest BCUT2D eigenvalue weighted by Gasteiger charge is 2.08. The summed E-state index contributed by atoms with van der Waals surface area (Å²) in [5, 5.41) is 14.3. The predicted molar refractivity (Wildman–Crippen MR) is 70.1 cm³/mol. The number of carbonyl (C=O) groups is 1. The molecule has 1 aromatic heterocycles. The second-order valence-electron chi connectivity index (χ2n) is 3.73. The van der Waals surface area contributed by atoms with Crippen LogP contribution < -0.4 is 5.32 Å². The maximum atomic E-state index is 11.1. The maximum Gasteiger partial charge on any atom is 0.303 e. The predicted octanol–water partition coefficient (Wildman–Crippen LogP) is 1.34. The lowest BCUT2D eigenvalue weighted by Crippen LogP contribution is -2.20. The zero-order chi connectivity index (χ0) is 12.8.